The van der Waals surface area contributed by atoms with Gasteiger partial charge in [-0.1, -0.05) is 18.2 Å². The minimum atomic E-state index is -0.250. The topological polar surface area (TPSA) is 52.0 Å². The van der Waals surface area contributed by atoms with E-state index in [1.807, 2.05) is 30.3 Å². The molecule has 3 rings (SSSR count). The van der Waals surface area contributed by atoms with Crippen molar-refractivity contribution in [1.29, 1.82) is 0 Å². The lowest BCUT2D eigenvalue weighted by atomic mass is 10.1. The summed E-state index contributed by atoms with van der Waals surface area (Å²) < 4.78 is 2.68. The highest BCUT2D eigenvalue weighted by atomic mass is 32.1. The van der Waals surface area contributed by atoms with E-state index in [0.717, 1.165) is 10.1 Å². The maximum absolute atomic E-state index is 12.2. The number of aromatic nitrogens is 2. The number of nitrogens with zero attached hydrogens (tertiary/aromatic N) is 2. The van der Waals surface area contributed by atoms with Crippen LogP contribution >= 0.6 is 11.3 Å². The molecule has 0 bridgehead atoms. The smallest absolute Gasteiger partial charge is 0.206 e. The average Bonchev–Trinajstić information content (AvgIpc) is 3.04. The predicted octanol–water partition coefficient (Wildman–Crippen LogP) is 3.09. The van der Waals surface area contributed by atoms with Crippen LogP contribution in [-0.4, -0.2) is 21.1 Å². The monoisotopic (exact) mass is 284 g/mol. The second-order valence-electron chi connectivity index (χ2n) is 4.53. The van der Waals surface area contributed by atoms with Crippen molar-refractivity contribution in [1.82, 2.24) is 9.55 Å². The van der Waals surface area contributed by atoms with Gasteiger partial charge in [0.2, 0.25) is 5.78 Å². The Labute approximate surface area is 119 Å². The zero-order chi connectivity index (χ0) is 14.1. The molecule has 2 heterocycles. The Morgan fingerprint density at radius 3 is 2.75 bits per heavy atom. The molecule has 3 aromatic rings. The van der Waals surface area contributed by atoms with Crippen molar-refractivity contribution in [2.45, 2.75) is 6.42 Å². The van der Waals surface area contributed by atoms with Gasteiger partial charge in [-0.15, -0.1) is 11.3 Å². The molecule has 0 saturated carbocycles. The number of rotatable bonds is 4. The molecule has 20 heavy (non-hydrogen) atoms. The number of aryl methyl sites for hydroxylation is 1. The maximum atomic E-state index is 12.2. The van der Waals surface area contributed by atoms with Gasteiger partial charge in [-0.2, -0.15) is 0 Å². The SMILES string of the molecule is Cn1ccnc1C(=O)CC(=O)c1cc2ccccc2s1. The summed E-state index contributed by atoms with van der Waals surface area (Å²) in [6.45, 7) is 0. The molecule has 0 radical (unpaired) electrons. The molecule has 0 N–H and O–H groups in total. The molecule has 0 aliphatic carbocycles. The Bertz CT molecular complexity index is 768. The van der Waals surface area contributed by atoms with Crippen LogP contribution in [0.15, 0.2) is 42.7 Å². The normalized spacial score (nSPS) is 10.8. The Balaban J connectivity index is 1.82. The van der Waals surface area contributed by atoms with Crippen LogP contribution in [0.5, 0.6) is 0 Å². The van der Waals surface area contributed by atoms with E-state index >= 15 is 0 Å². The van der Waals surface area contributed by atoms with Gasteiger partial charge in [0.25, 0.3) is 0 Å². The van der Waals surface area contributed by atoms with Crippen LogP contribution in [0.25, 0.3) is 10.1 Å². The zero-order valence-electron chi connectivity index (χ0n) is 10.9. The van der Waals surface area contributed by atoms with E-state index < -0.39 is 0 Å². The Morgan fingerprint density at radius 2 is 2.05 bits per heavy atom. The van der Waals surface area contributed by atoms with E-state index in [0.29, 0.717) is 10.7 Å². The van der Waals surface area contributed by atoms with Crippen LogP contribution in [0.1, 0.15) is 26.7 Å². The van der Waals surface area contributed by atoms with E-state index in [1.165, 1.54) is 11.3 Å². The maximum Gasteiger partial charge on any atom is 0.206 e. The first-order valence-electron chi connectivity index (χ1n) is 6.17. The van der Waals surface area contributed by atoms with Gasteiger partial charge in [0.1, 0.15) is 0 Å². The number of carbonyl (C=O) groups is 2. The first-order valence-corrected chi connectivity index (χ1v) is 6.99. The fourth-order valence-electron chi connectivity index (χ4n) is 2.07. The van der Waals surface area contributed by atoms with Gasteiger partial charge in [-0.05, 0) is 17.5 Å². The molecule has 0 aliphatic rings. The number of hydrogen-bond acceptors (Lipinski definition) is 4. The highest BCUT2D eigenvalue weighted by Crippen LogP contribution is 2.26. The lowest BCUT2D eigenvalue weighted by Gasteiger charge is -1.99. The van der Waals surface area contributed by atoms with Crippen LogP contribution in [0.4, 0.5) is 0 Å². The van der Waals surface area contributed by atoms with Crippen molar-refractivity contribution in [3.8, 4) is 0 Å². The number of benzene rings is 1. The molecule has 100 valence electrons. The third kappa shape index (κ3) is 2.28. The fourth-order valence-corrected chi connectivity index (χ4v) is 3.07. The number of fused-ring (bicyclic) bond motifs is 1. The van der Waals surface area contributed by atoms with E-state index in [1.54, 1.807) is 24.0 Å². The lowest BCUT2D eigenvalue weighted by molar-refractivity contribution is 0.0889. The van der Waals surface area contributed by atoms with Gasteiger partial charge in [0, 0.05) is 24.1 Å². The summed E-state index contributed by atoms with van der Waals surface area (Å²) in [7, 11) is 1.74. The predicted molar refractivity (Wildman–Crippen MR) is 78.3 cm³/mol. The van der Waals surface area contributed by atoms with Crippen molar-refractivity contribution in [3.63, 3.8) is 0 Å². The molecule has 1 aromatic carbocycles. The molecule has 5 heteroatoms. The molecule has 0 saturated heterocycles. The fraction of sp³-hybridized carbons (Fsp3) is 0.133. The van der Waals surface area contributed by atoms with Crippen LogP contribution < -0.4 is 0 Å². The summed E-state index contributed by atoms with van der Waals surface area (Å²) in [4.78, 5) is 28.8. The quantitative estimate of drug-likeness (QED) is 0.546. The van der Waals surface area contributed by atoms with Gasteiger partial charge in [0.05, 0.1) is 11.3 Å². The third-order valence-corrected chi connectivity index (χ3v) is 4.25. The van der Waals surface area contributed by atoms with E-state index in [9.17, 15) is 9.59 Å². The second kappa shape index (κ2) is 5.02. The van der Waals surface area contributed by atoms with Crippen LogP contribution in [0, 0.1) is 0 Å². The number of imidazole rings is 1. The van der Waals surface area contributed by atoms with Crippen molar-refractivity contribution >= 4 is 33.0 Å². The summed E-state index contributed by atoms with van der Waals surface area (Å²) in [5, 5.41) is 1.03. The van der Waals surface area contributed by atoms with Crippen molar-refractivity contribution in [2.75, 3.05) is 0 Å². The van der Waals surface area contributed by atoms with E-state index in [4.69, 9.17) is 0 Å². The summed E-state index contributed by atoms with van der Waals surface area (Å²) >= 11 is 1.42. The van der Waals surface area contributed by atoms with Crippen LogP contribution in [-0.2, 0) is 7.05 Å². The van der Waals surface area contributed by atoms with Gasteiger partial charge in [-0.3, -0.25) is 9.59 Å². The highest BCUT2D eigenvalue weighted by molar-refractivity contribution is 7.20. The molecule has 0 aliphatic heterocycles. The van der Waals surface area contributed by atoms with Crippen molar-refractivity contribution in [3.05, 3.63) is 53.4 Å². The number of Topliss-reactive ketones (excluding diaryl/α,β-unsaturated/α-hetero) is 2. The van der Waals surface area contributed by atoms with Gasteiger partial charge in [0.15, 0.2) is 11.6 Å². The molecule has 0 fully saturated rings. The molecule has 0 spiro atoms. The average molecular weight is 284 g/mol. The number of carbonyl (C=O) groups excluding carboxylic acids is 2. The molecule has 0 amide bonds. The summed E-state index contributed by atoms with van der Waals surface area (Å²) in [5.41, 5.74) is 0. The zero-order valence-corrected chi connectivity index (χ0v) is 11.7. The summed E-state index contributed by atoms with van der Waals surface area (Å²) in [5.74, 6) is -0.0846. The van der Waals surface area contributed by atoms with Gasteiger partial charge in [-0.25, -0.2) is 4.98 Å². The molecule has 2 aromatic heterocycles. The van der Waals surface area contributed by atoms with Crippen molar-refractivity contribution < 1.29 is 9.59 Å². The standard InChI is InChI=1S/C15H12N2O2S/c1-17-7-6-16-15(17)12(19)9-11(18)14-8-10-4-2-3-5-13(10)20-14/h2-8H,9H2,1H3. The number of thiophene rings is 1. The lowest BCUT2D eigenvalue weighted by Crippen LogP contribution is -2.12. The van der Waals surface area contributed by atoms with Crippen molar-refractivity contribution in [2.24, 2.45) is 7.05 Å². The molecular formula is C15H12N2O2S. The summed E-state index contributed by atoms with van der Waals surface area (Å²) in [6, 6.07) is 9.64. The Morgan fingerprint density at radius 1 is 1.25 bits per heavy atom. The third-order valence-electron chi connectivity index (χ3n) is 3.09. The molecular weight excluding hydrogens is 272 g/mol. The highest BCUT2D eigenvalue weighted by Gasteiger charge is 2.18. The van der Waals surface area contributed by atoms with Gasteiger partial charge < -0.3 is 4.57 Å². The number of ketones is 2. The second-order valence-corrected chi connectivity index (χ2v) is 5.62. The largest absolute Gasteiger partial charge is 0.332 e. The first kappa shape index (κ1) is 12.7. The first-order chi connectivity index (χ1) is 9.65. The molecule has 4 nitrogen and oxygen atoms in total. The minimum Gasteiger partial charge on any atom is -0.332 e. The Hall–Kier alpha value is -2.27. The molecule has 0 unspecified atom stereocenters. The van der Waals surface area contributed by atoms with E-state index in [-0.39, 0.29) is 18.0 Å². The van der Waals surface area contributed by atoms with Crippen LogP contribution in [0.3, 0.4) is 0 Å². The number of hydrogen-bond donors (Lipinski definition) is 0. The Kier molecular flexibility index (Phi) is 3.20. The summed E-state index contributed by atoms with van der Waals surface area (Å²) in [6.07, 6.45) is 3.10. The van der Waals surface area contributed by atoms with Gasteiger partial charge >= 0.3 is 0 Å². The van der Waals surface area contributed by atoms with E-state index in [2.05, 4.69) is 4.98 Å². The van der Waals surface area contributed by atoms with Crippen LogP contribution in [0.2, 0.25) is 0 Å². The molecule has 0 atom stereocenters. The minimum absolute atomic E-state index is 0.141.